The summed E-state index contributed by atoms with van der Waals surface area (Å²) in [6, 6.07) is 13.4. The van der Waals surface area contributed by atoms with Crippen molar-refractivity contribution < 1.29 is 9.47 Å². The maximum Gasteiger partial charge on any atom is 0.123 e. The molecule has 2 N–H and O–H groups in total. The molecule has 0 saturated carbocycles. The third-order valence-electron chi connectivity index (χ3n) is 3.46. The molecule has 108 valence electrons. The molecule has 2 aromatic rings. The van der Waals surface area contributed by atoms with Crippen molar-refractivity contribution >= 4 is 28.8 Å². The van der Waals surface area contributed by atoms with Crippen LogP contribution < -0.4 is 15.2 Å². The second-order valence-electron chi connectivity index (χ2n) is 4.86. The van der Waals surface area contributed by atoms with Crippen molar-refractivity contribution in [1.29, 1.82) is 0 Å². The molecule has 1 heterocycles. The lowest BCUT2D eigenvalue weighted by molar-refractivity contribution is 0.248. The first-order valence-electron chi connectivity index (χ1n) is 6.59. The van der Waals surface area contributed by atoms with E-state index in [4.69, 9.17) is 39.0 Å². The van der Waals surface area contributed by atoms with Gasteiger partial charge in [-0.15, -0.1) is 0 Å². The average molecular weight is 320 g/mol. The van der Waals surface area contributed by atoms with Crippen molar-refractivity contribution in [1.82, 2.24) is 0 Å². The van der Waals surface area contributed by atoms with Crippen LogP contribution in [0.5, 0.6) is 11.5 Å². The maximum atomic E-state index is 6.13. The van der Waals surface area contributed by atoms with Crippen LogP contribution in [-0.4, -0.2) is 18.2 Å². The summed E-state index contributed by atoms with van der Waals surface area (Å²) < 4.78 is 11.4. The Hall–Kier alpha value is -1.78. The van der Waals surface area contributed by atoms with E-state index in [1.807, 2.05) is 24.3 Å². The molecule has 2 aromatic carbocycles. The largest absolute Gasteiger partial charge is 0.493 e. The van der Waals surface area contributed by atoms with Crippen LogP contribution in [0.1, 0.15) is 17.0 Å². The van der Waals surface area contributed by atoms with Gasteiger partial charge in [0.25, 0.3) is 0 Å². The average Bonchev–Trinajstić information content (AvgIpc) is 2.88. The molecule has 0 aromatic heterocycles. The normalized spacial score (nSPS) is 16.1. The molecule has 0 amide bonds. The van der Waals surface area contributed by atoms with E-state index in [1.165, 1.54) is 5.56 Å². The summed E-state index contributed by atoms with van der Waals surface area (Å²) in [5, 5.41) is 0.503. The van der Waals surface area contributed by atoms with Crippen LogP contribution in [0.25, 0.3) is 0 Å². The summed E-state index contributed by atoms with van der Waals surface area (Å²) >= 11 is 11.1. The van der Waals surface area contributed by atoms with Gasteiger partial charge in [0.05, 0.1) is 24.2 Å². The van der Waals surface area contributed by atoms with Gasteiger partial charge >= 0.3 is 0 Å². The second-order valence-corrected chi connectivity index (χ2v) is 5.71. The third kappa shape index (κ3) is 2.96. The van der Waals surface area contributed by atoms with E-state index in [0.29, 0.717) is 29.5 Å². The van der Waals surface area contributed by atoms with Crippen LogP contribution in [0.2, 0.25) is 5.02 Å². The second kappa shape index (κ2) is 5.92. The van der Waals surface area contributed by atoms with Crippen LogP contribution >= 0.6 is 23.8 Å². The van der Waals surface area contributed by atoms with Crippen LogP contribution in [0.15, 0.2) is 42.5 Å². The molecule has 0 saturated heterocycles. The Balaban J connectivity index is 1.69. The molecule has 0 spiro atoms. The van der Waals surface area contributed by atoms with Crippen LogP contribution in [0.4, 0.5) is 0 Å². The van der Waals surface area contributed by atoms with E-state index in [0.717, 1.165) is 5.75 Å². The number of hydrogen-bond acceptors (Lipinski definition) is 3. The number of halogens is 1. The van der Waals surface area contributed by atoms with Gasteiger partial charge in [0, 0.05) is 11.1 Å². The molecule has 5 heteroatoms. The summed E-state index contributed by atoms with van der Waals surface area (Å²) in [5.41, 5.74) is 7.43. The molecule has 0 radical (unpaired) electrons. The predicted molar refractivity (Wildman–Crippen MR) is 87.5 cm³/mol. The quantitative estimate of drug-likeness (QED) is 0.876. The molecule has 21 heavy (non-hydrogen) atoms. The molecular formula is C16H14ClNO2S. The fraction of sp³-hybridized carbons (Fsp3) is 0.188. The molecule has 1 unspecified atom stereocenters. The van der Waals surface area contributed by atoms with Gasteiger partial charge in [-0.25, -0.2) is 0 Å². The standard InChI is InChI=1S/C16H14ClNO2S/c17-14-7-11(5-6-13(14)16(18)21)19-8-10-9-20-15-4-2-1-3-12(10)15/h1-7,10H,8-9H2,(H2,18,21). The lowest BCUT2D eigenvalue weighted by Gasteiger charge is -2.12. The topological polar surface area (TPSA) is 44.5 Å². The van der Waals surface area contributed by atoms with E-state index < -0.39 is 0 Å². The summed E-state index contributed by atoms with van der Waals surface area (Å²) in [7, 11) is 0. The van der Waals surface area contributed by atoms with E-state index in [9.17, 15) is 0 Å². The van der Waals surface area contributed by atoms with E-state index >= 15 is 0 Å². The molecule has 0 fully saturated rings. The minimum absolute atomic E-state index is 0.232. The lowest BCUT2D eigenvalue weighted by atomic mass is 10.0. The Kier molecular flexibility index (Phi) is 3.99. The Morgan fingerprint density at radius 2 is 2.14 bits per heavy atom. The van der Waals surface area contributed by atoms with Crippen molar-refractivity contribution in [2.45, 2.75) is 5.92 Å². The first-order chi connectivity index (χ1) is 10.1. The van der Waals surface area contributed by atoms with Crippen molar-refractivity contribution in [2.75, 3.05) is 13.2 Å². The van der Waals surface area contributed by atoms with Crippen molar-refractivity contribution in [3.05, 3.63) is 58.6 Å². The highest BCUT2D eigenvalue weighted by Crippen LogP contribution is 2.34. The maximum absolute atomic E-state index is 6.13. The lowest BCUT2D eigenvalue weighted by Crippen LogP contribution is -2.12. The summed E-state index contributed by atoms with van der Waals surface area (Å²) in [5.74, 6) is 1.87. The highest BCUT2D eigenvalue weighted by atomic mass is 35.5. The molecule has 0 bridgehead atoms. The number of hydrogen-bond donors (Lipinski definition) is 1. The van der Waals surface area contributed by atoms with Crippen molar-refractivity contribution in [3.63, 3.8) is 0 Å². The number of nitrogens with two attached hydrogens (primary N) is 1. The van der Waals surface area contributed by atoms with E-state index in [1.54, 1.807) is 12.1 Å². The number of thiocarbonyl (C=S) groups is 1. The van der Waals surface area contributed by atoms with Gasteiger partial charge in [0.15, 0.2) is 0 Å². The summed E-state index contributed by atoms with van der Waals surface area (Å²) in [4.78, 5) is 0.282. The number of ether oxygens (including phenoxy) is 2. The highest BCUT2D eigenvalue weighted by Gasteiger charge is 2.24. The van der Waals surface area contributed by atoms with Gasteiger partial charge < -0.3 is 15.2 Å². The minimum atomic E-state index is 0.232. The molecule has 1 atom stereocenters. The fourth-order valence-electron chi connectivity index (χ4n) is 2.35. The molecule has 3 rings (SSSR count). The van der Waals surface area contributed by atoms with Crippen molar-refractivity contribution in [3.8, 4) is 11.5 Å². The number of para-hydroxylation sites is 1. The van der Waals surface area contributed by atoms with Crippen LogP contribution in [0.3, 0.4) is 0 Å². The van der Waals surface area contributed by atoms with Gasteiger partial charge in [-0.05, 0) is 24.3 Å². The van der Waals surface area contributed by atoms with Gasteiger partial charge in [-0.3, -0.25) is 0 Å². The summed E-state index contributed by atoms with van der Waals surface area (Å²) in [6.45, 7) is 1.18. The number of fused-ring (bicyclic) bond motifs is 1. The number of rotatable bonds is 4. The highest BCUT2D eigenvalue weighted by molar-refractivity contribution is 7.80. The summed E-state index contributed by atoms with van der Waals surface area (Å²) in [6.07, 6.45) is 0. The SMILES string of the molecule is NC(=S)c1ccc(OCC2COc3ccccc32)cc1Cl. The van der Waals surface area contributed by atoms with Crippen molar-refractivity contribution in [2.24, 2.45) is 5.73 Å². The fourth-order valence-corrected chi connectivity index (χ4v) is 2.86. The molecule has 0 aliphatic carbocycles. The smallest absolute Gasteiger partial charge is 0.123 e. The first kappa shape index (κ1) is 14.2. The zero-order valence-electron chi connectivity index (χ0n) is 11.2. The van der Waals surface area contributed by atoms with Crippen LogP contribution in [-0.2, 0) is 0 Å². The molecule has 1 aliphatic heterocycles. The Bertz CT molecular complexity index is 690. The minimum Gasteiger partial charge on any atom is -0.493 e. The molecular weight excluding hydrogens is 306 g/mol. The molecule has 1 aliphatic rings. The zero-order chi connectivity index (χ0) is 14.8. The Labute approximate surface area is 133 Å². The Morgan fingerprint density at radius 1 is 1.33 bits per heavy atom. The van der Waals surface area contributed by atoms with E-state index in [2.05, 4.69) is 6.07 Å². The van der Waals surface area contributed by atoms with E-state index in [-0.39, 0.29) is 10.9 Å². The Morgan fingerprint density at radius 3 is 2.90 bits per heavy atom. The van der Waals surface area contributed by atoms with Crippen LogP contribution in [0, 0.1) is 0 Å². The zero-order valence-corrected chi connectivity index (χ0v) is 12.8. The van der Waals surface area contributed by atoms with Gasteiger partial charge in [-0.2, -0.15) is 0 Å². The van der Waals surface area contributed by atoms with Gasteiger partial charge in [0.1, 0.15) is 16.5 Å². The third-order valence-corrected chi connectivity index (χ3v) is 3.99. The monoisotopic (exact) mass is 319 g/mol. The number of benzene rings is 2. The first-order valence-corrected chi connectivity index (χ1v) is 7.37. The van der Waals surface area contributed by atoms with Gasteiger partial charge in [0.2, 0.25) is 0 Å². The predicted octanol–water partition coefficient (Wildman–Crippen LogP) is 3.53. The van der Waals surface area contributed by atoms with Gasteiger partial charge in [-0.1, -0.05) is 42.0 Å². The molecule has 3 nitrogen and oxygen atoms in total.